The van der Waals surface area contributed by atoms with Crippen LogP contribution in [0.2, 0.25) is 0 Å². The van der Waals surface area contributed by atoms with Gasteiger partial charge in [0.25, 0.3) is 0 Å². The number of carbonyl (C=O) groups excluding carboxylic acids is 1. The molecule has 3 aliphatic rings. The third kappa shape index (κ3) is 2.53. The van der Waals surface area contributed by atoms with Crippen LogP contribution < -0.4 is 9.47 Å². The number of ketones is 1. The van der Waals surface area contributed by atoms with E-state index in [1.165, 1.54) is 0 Å². The van der Waals surface area contributed by atoms with Gasteiger partial charge in [-0.3, -0.25) is 4.79 Å². The van der Waals surface area contributed by atoms with Crippen LogP contribution >= 0.6 is 0 Å². The van der Waals surface area contributed by atoms with E-state index in [-0.39, 0.29) is 22.2 Å². The number of rotatable bonds is 2. The van der Waals surface area contributed by atoms with Crippen molar-refractivity contribution in [3.63, 3.8) is 0 Å². The number of hydrogen-bond donors (Lipinski definition) is 0. The molecule has 3 heterocycles. The van der Waals surface area contributed by atoms with Crippen molar-refractivity contribution in [3.8, 4) is 11.5 Å². The van der Waals surface area contributed by atoms with Gasteiger partial charge in [0.1, 0.15) is 0 Å². The molecule has 1 aromatic rings. The topological polar surface area (TPSA) is 69.7 Å². The van der Waals surface area contributed by atoms with Gasteiger partial charge in [-0.05, 0) is 43.9 Å². The molecule has 0 N–H and O–H groups in total. The molecule has 2 bridgehead atoms. The maximum Gasteiger partial charge on any atom is 0.166 e. The molecule has 1 aromatic carbocycles. The third-order valence-corrected chi connectivity index (χ3v) is 7.95. The zero-order valence-electron chi connectivity index (χ0n) is 12.9. The summed E-state index contributed by atoms with van der Waals surface area (Å²) >= 11 is 0. The number of sulfone groups is 1. The van der Waals surface area contributed by atoms with Crippen molar-refractivity contribution < 1.29 is 22.7 Å². The van der Waals surface area contributed by atoms with Gasteiger partial charge in [-0.1, -0.05) is 0 Å². The fourth-order valence-corrected chi connectivity index (χ4v) is 6.45. The summed E-state index contributed by atoms with van der Waals surface area (Å²) in [5.74, 6) is 1.12. The molecule has 0 aliphatic carbocycles. The second-order valence-electron chi connectivity index (χ2n) is 6.65. The fraction of sp³-hybridized carbons (Fsp3) is 0.588. The molecular weight excluding hydrogens is 316 g/mol. The highest BCUT2D eigenvalue weighted by Gasteiger charge is 2.48. The Morgan fingerprint density at radius 1 is 1.00 bits per heavy atom. The Morgan fingerprint density at radius 3 is 2.35 bits per heavy atom. The third-order valence-electron chi connectivity index (χ3n) is 5.24. The average Bonchev–Trinajstić information content (AvgIpc) is 2.79. The monoisotopic (exact) mass is 336 g/mol. The Hall–Kier alpha value is -1.56. The van der Waals surface area contributed by atoms with Crippen molar-refractivity contribution >= 4 is 15.6 Å². The molecule has 0 radical (unpaired) electrons. The minimum atomic E-state index is -2.99. The molecule has 5 nitrogen and oxygen atoms in total. The van der Waals surface area contributed by atoms with Gasteiger partial charge in [-0.2, -0.15) is 0 Å². The van der Waals surface area contributed by atoms with Crippen LogP contribution in [0.5, 0.6) is 11.5 Å². The minimum Gasteiger partial charge on any atom is -0.490 e. The van der Waals surface area contributed by atoms with Crippen molar-refractivity contribution in [2.75, 3.05) is 13.2 Å². The molecule has 3 aliphatic heterocycles. The molecule has 2 unspecified atom stereocenters. The van der Waals surface area contributed by atoms with Crippen LogP contribution in [0.3, 0.4) is 0 Å². The number of Topliss-reactive ketones (excluding diaryl/α,β-unsaturated/α-hetero) is 1. The molecule has 0 amide bonds. The minimum absolute atomic E-state index is 0.0347. The van der Waals surface area contributed by atoms with Gasteiger partial charge in [0.15, 0.2) is 27.1 Å². The first-order valence-corrected chi connectivity index (χ1v) is 9.83. The molecule has 2 saturated heterocycles. The number of hydrogen-bond acceptors (Lipinski definition) is 5. The van der Waals surface area contributed by atoms with Crippen molar-refractivity contribution in [2.45, 2.75) is 42.6 Å². The summed E-state index contributed by atoms with van der Waals surface area (Å²) in [5, 5.41) is -0.647. The smallest absolute Gasteiger partial charge is 0.166 e. The van der Waals surface area contributed by atoms with E-state index in [0.29, 0.717) is 56.0 Å². The van der Waals surface area contributed by atoms with E-state index in [2.05, 4.69) is 0 Å². The van der Waals surface area contributed by atoms with Crippen LogP contribution in [0.25, 0.3) is 0 Å². The lowest BCUT2D eigenvalue weighted by Crippen LogP contribution is -2.36. The van der Waals surface area contributed by atoms with Crippen LogP contribution in [0.15, 0.2) is 18.2 Å². The average molecular weight is 336 g/mol. The largest absolute Gasteiger partial charge is 0.490 e. The SMILES string of the molecule is O=C(c1ccc2c(c1)OCCCO2)C1CC2CCC(C1)S2(=O)=O. The van der Waals surface area contributed by atoms with Crippen molar-refractivity contribution in [2.24, 2.45) is 5.92 Å². The van der Waals surface area contributed by atoms with Crippen LogP contribution in [0, 0.1) is 5.92 Å². The van der Waals surface area contributed by atoms with E-state index in [0.717, 1.165) is 6.42 Å². The van der Waals surface area contributed by atoms with Crippen molar-refractivity contribution in [1.29, 1.82) is 0 Å². The first-order chi connectivity index (χ1) is 11.1. The predicted octanol–water partition coefficient (Wildman–Crippen LogP) is 2.39. The number of carbonyl (C=O) groups is 1. The van der Waals surface area contributed by atoms with Crippen molar-refractivity contribution in [3.05, 3.63) is 23.8 Å². The zero-order chi connectivity index (χ0) is 16.0. The first-order valence-electron chi connectivity index (χ1n) is 8.22. The van der Waals surface area contributed by atoms with Crippen LogP contribution in [-0.2, 0) is 9.84 Å². The van der Waals surface area contributed by atoms with E-state index in [1.807, 2.05) is 0 Å². The van der Waals surface area contributed by atoms with Gasteiger partial charge in [0.05, 0.1) is 23.7 Å². The Morgan fingerprint density at radius 2 is 1.65 bits per heavy atom. The number of ether oxygens (including phenoxy) is 2. The molecular formula is C17H20O5S. The highest BCUT2D eigenvalue weighted by Crippen LogP contribution is 2.42. The molecule has 124 valence electrons. The van der Waals surface area contributed by atoms with Gasteiger partial charge in [0, 0.05) is 17.9 Å². The van der Waals surface area contributed by atoms with E-state index in [1.54, 1.807) is 18.2 Å². The zero-order valence-corrected chi connectivity index (χ0v) is 13.7. The Balaban J connectivity index is 1.57. The lowest BCUT2D eigenvalue weighted by molar-refractivity contribution is 0.0905. The Kier molecular flexibility index (Phi) is 3.59. The second kappa shape index (κ2) is 5.51. The Labute approximate surface area is 135 Å². The van der Waals surface area contributed by atoms with Gasteiger partial charge < -0.3 is 9.47 Å². The second-order valence-corrected chi connectivity index (χ2v) is 9.17. The van der Waals surface area contributed by atoms with E-state index < -0.39 is 9.84 Å². The fourth-order valence-electron chi connectivity index (χ4n) is 3.97. The quantitative estimate of drug-likeness (QED) is 0.776. The molecule has 2 fully saturated rings. The molecule has 0 saturated carbocycles. The predicted molar refractivity (Wildman–Crippen MR) is 84.8 cm³/mol. The van der Waals surface area contributed by atoms with Crippen molar-refractivity contribution in [1.82, 2.24) is 0 Å². The highest BCUT2D eigenvalue weighted by atomic mass is 32.2. The summed E-state index contributed by atoms with van der Waals surface area (Å²) in [6.45, 7) is 1.20. The molecule has 4 rings (SSSR count). The summed E-state index contributed by atoms with van der Waals surface area (Å²) in [4.78, 5) is 12.8. The van der Waals surface area contributed by atoms with Crippen LogP contribution in [0.1, 0.15) is 42.5 Å². The Bertz CT molecular complexity index is 719. The molecule has 0 spiro atoms. The first kappa shape index (κ1) is 15.0. The summed E-state index contributed by atoms with van der Waals surface area (Å²) in [7, 11) is -2.99. The van der Waals surface area contributed by atoms with E-state index in [4.69, 9.17) is 9.47 Å². The van der Waals surface area contributed by atoms with Crippen LogP contribution in [0.4, 0.5) is 0 Å². The number of benzene rings is 1. The summed E-state index contributed by atoms with van der Waals surface area (Å²) in [6, 6.07) is 5.29. The lowest BCUT2D eigenvalue weighted by Gasteiger charge is -2.27. The van der Waals surface area contributed by atoms with E-state index >= 15 is 0 Å². The molecule has 23 heavy (non-hydrogen) atoms. The lowest BCUT2D eigenvalue weighted by atomic mass is 9.90. The normalized spacial score (nSPS) is 31.4. The van der Waals surface area contributed by atoms with Gasteiger partial charge >= 0.3 is 0 Å². The summed E-state index contributed by atoms with van der Waals surface area (Å²) in [6.07, 6.45) is 3.16. The van der Waals surface area contributed by atoms with Gasteiger partial charge in [0.2, 0.25) is 0 Å². The number of fused-ring (bicyclic) bond motifs is 3. The van der Waals surface area contributed by atoms with E-state index in [9.17, 15) is 13.2 Å². The highest BCUT2D eigenvalue weighted by molar-refractivity contribution is 7.93. The standard InChI is InChI=1S/C17H20O5S/c18-17(12-8-13-3-4-14(9-12)23(13,19)20)11-2-5-15-16(10-11)22-7-1-6-21-15/h2,5,10,12-14H,1,3-4,6-9H2. The maximum atomic E-state index is 12.8. The molecule has 0 aromatic heterocycles. The van der Waals surface area contributed by atoms with Gasteiger partial charge in [-0.15, -0.1) is 0 Å². The molecule has 6 heteroatoms. The maximum absolute atomic E-state index is 12.8. The summed E-state index contributed by atoms with van der Waals surface area (Å²) in [5.41, 5.74) is 0.595. The summed E-state index contributed by atoms with van der Waals surface area (Å²) < 4.78 is 35.5. The van der Waals surface area contributed by atoms with Crippen LogP contribution in [-0.4, -0.2) is 37.9 Å². The van der Waals surface area contributed by atoms with Gasteiger partial charge in [-0.25, -0.2) is 8.42 Å². The molecule has 2 atom stereocenters.